The maximum Gasteiger partial charge on any atom is 0.243 e. The Morgan fingerprint density at radius 2 is 1.58 bits per heavy atom. The molecule has 0 unspecified atom stereocenters. The van der Waals surface area contributed by atoms with Crippen LogP contribution < -0.4 is 0 Å². The van der Waals surface area contributed by atoms with Crippen LogP contribution in [-0.2, 0) is 14.8 Å². The number of benzene rings is 2. The third-order valence-corrected chi connectivity index (χ3v) is 8.68. The van der Waals surface area contributed by atoms with E-state index in [1.54, 1.807) is 12.1 Å². The average Bonchev–Trinajstić information content (AvgIpc) is 3.08. The van der Waals surface area contributed by atoms with Crippen LogP contribution in [0, 0.1) is 0 Å². The predicted octanol–water partition coefficient (Wildman–Crippen LogP) is 3.33. The molecule has 0 aromatic heterocycles. The Morgan fingerprint density at radius 3 is 2.26 bits per heavy atom. The molecular weight excluding hydrogens is 410 g/mol. The highest BCUT2D eigenvalue weighted by Gasteiger charge is 2.31. The third-order valence-electron chi connectivity index (χ3n) is 6.78. The summed E-state index contributed by atoms with van der Waals surface area (Å²) < 4.78 is 27.8. The van der Waals surface area contributed by atoms with Gasteiger partial charge in [-0.2, -0.15) is 4.31 Å². The normalized spacial score (nSPS) is 19.6. The van der Waals surface area contributed by atoms with Crippen LogP contribution in [-0.4, -0.2) is 74.2 Å². The quantitative estimate of drug-likeness (QED) is 0.665. The van der Waals surface area contributed by atoms with E-state index in [4.69, 9.17) is 0 Å². The maximum atomic E-state index is 13.1. The number of carbonyl (C=O) groups is 1. The number of nitrogens with zero attached hydrogens (tertiary/aromatic N) is 3. The Hall–Kier alpha value is -1.96. The van der Waals surface area contributed by atoms with Crippen molar-refractivity contribution >= 4 is 26.7 Å². The lowest BCUT2D eigenvalue weighted by Gasteiger charge is -2.35. The zero-order valence-electron chi connectivity index (χ0n) is 18.4. The fourth-order valence-corrected chi connectivity index (χ4v) is 6.25. The van der Waals surface area contributed by atoms with Gasteiger partial charge in [0.05, 0.1) is 11.4 Å². The van der Waals surface area contributed by atoms with Gasteiger partial charge in [-0.05, 0) is 42.8 Å². The summed E-state index contributed by atoms with van der Waals surface area (Å²) >= 11 is 0. The summed E-state index contributed by atoms with van der Waals surface area (Å²) in [5.74, 6) is 0.106. The highest BCUT2D eigenvalue weighted by atomic mass is 32.2. The van der Waals surface area contributed by atoms with Crippen molar-refractivity contribution in [3.63, 3.8) is 0 Å². The summed E-state index contributed by atoms with van der Waals surface area (Å²) in [4.78, 5) is 17.2. The van der Waals surface area contributed by atoms with Crippen LogP contribution in [0.5, 0.6) is 0 Å². The molecule has 2 fully saturated rings. The van der Waals surface area contributed by atoms with Crippen LogP contribution in [0.15, 0.2) is 47.4 Å². The molecule has 0 atom stereocenters. The lowest BCUT2D eigenvalue weighted by Crippen LogP contribution is -2.52. The van der Waals surface area contributed by atoms with Gasteiger partial charge in [0.1, 0.15) is 0 Å². The second kappa shape index (κ2) is 9.67. The molecule has 2 aromatic carbocycles. The highest BCUT2D eigenvalue weighted by molar-refractivity contribution is 7.89. The van der Waals surface area contributed by atoms with Gasteiger partial charge in [-0.3, -0.25) is 9.69 Å². The van der Waals surface area contributed by atoms with Gasteiger partial charge in [0, 0.05) is 32.2 Å². The summed E-state index contributed by atoms with van der Waals surface area (Å²) in [6.07, 6.45) is 7.42. The van der Waals surface area contributed by atoms with E-state index in [1.807, 2.05) is 42.3 Å². The first-order valence-corrected chi connectivity index (χ1v) is 12.9. The molecule has 2 aromatic rings. The molecule has 1 amide bonds. The van der Waals surface area contributed by atoms with Crippen LogP contribution in [0.25, 0.3) is 10.8 Å². The predicted molar refractivity (Wildman–Crippen MR) is 123 cm³/mol. The molecule has 1 heterocycles. The minimum absolute atomic E-state index is 0.106. The Bertz CT molecular complexity index is 1010. The van der Waals surface area contributed by atoms with E-state index in [1.165, 1.54) is 42.8 Å². The molecule has 168 valence electrons. The van der Waals surface area contributed by atoms with Crippen LogP contribution in [0.3, 0.4) is 0 Å². The molecule has 1 aliphatic carbocycles. The Labute approximate surface area is 185 Å². The number of hydrogen-bond donors (Lipinski definition) is 0. The molecule has 7 heteroatoms. The van der Waals surface area contributed by atoms with E-state index in [-0.39, 0.29) is 5.91 Å². The Kier molecular flexibility index (Phi) is 6.94. The van der Waals surface area contributed by atoms with Gasteiger partial charge in [0.15, 0.2) is 0 Å². The molecule has 0 N–H and O–H groups in total. The second-order valence-corrected chi connectivity index (χ2v) is 10.8. The minimum Gasteiger partial charge on any atom is -0.339 e. The number of carbonyl (C=O) groups excluding carboxylic acids is 1. The lowest BCUT2D eigenvalue weighted by atomic mass is 10.1. The van der Waals surface area contributed by atoms with E-state index in [0.717, 1.165) is 10.8 Å². The summed E-state index contributed by atoms with van der Waals surface area (Å²) in [5, 5.41) is 1.94. The first-order chi connectivity index (χ1) is 14.9. The number of amides is 1. The molecule has 0 bridgehead atoms. The van der Waals surface area contributed by atoms with Gasteiger partial charge in [-0.25, -0.2) is 8.42 Å². The van der Waals surface area contributed by atoms with E-state index < -0.39 is 10.0 Å². The zero-order valence-corrected chi connectivity index (χ0v) is 19.2. The minimum atomic E-state index is -3.56. The summed E-state index contributed by atoms with van der Waals surface area (Å²) in [6, 6.07) is 13.5. The standard InChI is InChI=1S/C24H33N3O3S/c1-25(22-10-4-2-3-5-11-22)19-24(28)26-14-16-27(17-15-26)31(29,30)23-13-12-20-8-6-7-9-21(20)18-23/h6-9,12-13,18,22H,2-5,10-11,14-17,19H2,1H3. The molecule has 1 aliphatic heterocycles. The number of sulfonamides is 1. The van der Waals surface area contributed by atoms with E-state index in [0.29, 0.717) is 43.7 Å². The van der Waals surface area contributed by atoms with Gasteiger partial charge in [0.25, 0.3) is 0 Å². The van der Waals surface area contributed by atoms with Crippen molar-refractivity contribution in [2.24, 2.45) is 0 Å². The van der Waals surface area contributed by atoms with Gasteiger partial charge in [-0.15, -0.1) is 0 Å². The second-order valence-electron chi connectivity index (χ2n) is 8.85. The maximum absolute atomic E-state index is 13.1. The molecule has 2 aliphatic rings. The smallest absolute Gasteiger partial charge is 0.243 e. The number of hydrogen-bond acceptors (Lipinski definition) is 4. The molecule has 31 heavy (non-hydrogen) atoms. The molecule has 0 radical (unpaired) electrons. The van der Waals surface area contributed by atoms with Crippen LogP contribution >= 0.6 is 0 Å². The topological polar surface area (TPSA) is 60.9 Å². The van der Waals surface area contributed by atoms with Crippen molar-refractivity contribution in [2.75, 3.05) is 39.8 Å². The summed E-state index contributed by atoms with van der Waals surface area (Å²) in [5.41, 5.74) is 0. The number of piperazine rings is 1. The van der Waals surface area contributed by atoms with Crippen molar-refractivity contribution in [2.45, 2.75) is 49.5 Å². The molecular formula is C24H33N3O3S. The fraction of sp³-hybridized carbons (Fsp3) is 0.542. The fourth-order valence-electron chi connectivity index (χ4n) is 4.80. The monoisotopic (exact) mass is 443 g/mol. The van der Waals surface area contributed by atoms with Crippen LogP contribution in [0.1, 0.15) is 38.5 Å². The van der Waals surface area contributed by atoms with Crippen molar-refractivity contribution in [1.82, 2.24) is 14.1 Å². The zero-order chi connectivity index (χ0) is 21.8. The van der Waals surface area contributed by atoms with Crippen molar-refractivity contribution in [3.8, 4) is 0 Å². The highest BCUT2D eigenvalue weighted by Crippen LogP contribution is 2.24. The van der Waals surface area contributed by atoms with Crippen molar-refractivity contribution in [3.05, 3.63) is 42.5 Å². The Morgan fingerprint density at radius 1 is 0.935 bits per heavy atom. The molecule has 4 rings (SSSR count). The largest absolute Gasteiger partial charge is 0.339 e. The van der Waals surface area contributed by atoms with Crippen molar-refractivity contribution < 1.29 is 13.2 Å². The first-order valence-electron chi connectivity index (χ1n) is 11.4. The average molecular weight is 444 g/mol. The molecule has 6 nitrogen and oxygen atoms in total. The Balaban J connectivity index is 1.35. The number of likely N-dealkylation sites (N-methyl/N-ethyl adjacent to an activating group) is 1. The SMILES string of the molecule is CN(CC(=O)N1CCN(S(=O)(=O)c2ccc3ccccc3c2)CC1)C1CCCCCC1. The third kappa shape index (κ3) is 5.10. The van der Waals surface area contributed by atoms with E-state index in [2.05, 4.69) is 4.90 Å². The van der Waals surface area contributed by atoms with Gasteiger partial charge in [0.2, 0.25) is 15.9 Å². The van der Waals surface area contributed by atoms with Gasteiger partial charge < -0.3 is 4.90 Å². The van der Waals surface area contributed by atoms with Crippen LogP contribution in [0.2, 0.25) is 0 Å². The number of rotatable bonds is 5. The molecule has 1 saturated heterocycles. The molecule has 1 saturated carbocycles. The van der Waals surface area contributed by atoms with E-state index in [9.17, 15) is 13.2 Å². The van der Waals surface area contributed by atoms with Crippen LogP contribution in [0.4, 0.5) is 0 Å². The van der Waals surface area contributed by atoms with Gasteiger partial charge >= 0.3 is 0 Å². The van der Waals surface area contributed by atoms with Gasteiger partial charge in [-0.1, -0.05) is 56.0 Å². The van der Waals surface area contributed by atoms with Crippen molar-refractivity contribution in [1.29, 1.82) is 0 Å². The first kappa shape index (κ1) is 22.2. The molecule has 0 spiro atoms. The lowest BCUT2D eigenvalue weighted by molar-refractivity contribution is -0.133. The van der Waals surface area contributed by atoms with E-state index >= 15 is 0 Å². The number of fused-ring (bicyclic) bond motifs is 1. The summed E-state index contributed by atoms with van der Waals surface area (Å²) in [6.45, 7) is 2.00. The summed E-state index contributed by atoms with van der Waals surface area (Å²) in [7, 11) is -1.51.